The normalized spacial score (nSPS) is 12.9. The number of rotatable bonds is 4. The van der Waals surface area contributed by atoms with Crippen LogP contribution in [0, 0.1) is 5.82 Å². The average Bonchev–Trinajstić information content (AvgIpc) is 2.15. The third-order valence-electron chi connectivity index (χ3n) is 1.79. The van der Waals surface area contributed by atoms with Gasteiger partial charge in [-0.1, -0.05) is 0 Å². The van der Waals surface area contributed by atoms with Crippen LogP contribution < -0.4 is 4.74 Å². The Morgan fingerprint density at radius 3 is 2.60 bits per heavy atom. The maximum absolute atomic E-state index is 12.8. The minimum atomic E-state index is -2.60. The monoisotopic (exact) mass is 220 g/mol. The lowest BCUT2D eigenvalue weighted by Gasteiger charge is -2.13. The second-order valence-corrected chi connectivity index (χ2v) is 3.06. The quantitative estimate of drug-likeness (QED) is 0.844. The molecule has 0 amide bonds. The van der Waals surface area contributed by atoms with Crippen molar-refractivity contribution in [3.05, 3.63) is 29.6 Å². The first-order valence-corrected chi connectivity index (χ1v) is 4.39. The number of hydrogen-bond acceptors (Lipinski definition) is 2. The van der Waals surface area contributed by atoms with Crippen molar-refractivity contribution in [3.63, 3.8) is 0 Å². The van der Waals surface area contributed by atoms with Gasteiger partial charge in [0.25, 0.3) is 6.43 Å². The van der Waals surface area contributed by atoms with E-state index < -0.39 is 25.0 Å². The van der Waals surface area contributed by atoms with Crippen LogP contribution in [-0.2, 0) is 0 Å². The molecule has 0 saturated carbocycles. The largest absolute Gasteiger partial charge is 0.487 e. The smallest absolute Gasteiger partial charge is 0.272 e. The van der Waals surface area contributed by atoms with Gasteiger partial charge in [-0.2, -0.15) is 0 Å². The van der Waals surface area contributed by atoms with Gasteiger partial charge in [-0.25, -0.2) is 13.2 Å². The molecule has 0 saturated heterocycles. The van der Waals surface area contributed by atoms with Crippen molar-refractivity contribution in [2.45, 2.75) is 19.5 Å². The second-order valence-electron chi connectivity index (χ2n) is 3.06. The van der Waals surface area contributed by atoms with Crippen molar-refractivity contribution >= 4 is 0 Å². The van der Waals surface area contributed by atoms with E-state index in [-0.39, 0.29) is 11.3 Å². The molecule has 0 aliphatic heterocycles. The van der Waals surface area contributed by atoms with Gasteiger partial charge in [0.1, 0.15) is 18.2 Å². The number of benzene rings is 1. The molecule has 1 atom stereocenters. The van der Waals surface area contributed by atoms with Gasteiger partial charge in [0.05, 0.1) is 6.10 Å². The van der Waals surface area contributed by atoms with Gasteiger partial charge >= 0.3 is 0 Å². The number of hydrogen-bond donors (Lipinski definition) is 1. The summed E-state index contributed by atoms with van der Waals surface area (Å²) in [6.45, 7) is 0.634. The zero-order valence-corrected chi connectivity index (χ0v) is 8.08. The SMILES string of the molecule is C[C@@H](O)c1cc(F)ccc1OCC(F)F. The molecule has 0 aliphatic rings. The van der Waals surface area contributed by atoms with Crippen molar-refractivity contribution in [2.75, 3.05) is 6.61 Å². The van der Waals surface area contributed by atoms with E-state index in [1.165, 1.54) is 13.0 Å². The Hall–Kier alpha value is -1.23. The Morgan fingerprint density at radius 1 is 1.40 bits per heavy atom. The molecule has 1 N–H and O–H groups in total. The number of ether oxygens (including phenoxy) is 1. The minimum absolute atomic E-state index is 0.0756. The van der Waals surface area contributed by atoms with Crippen molar-refractivity contribution in [1.29, 1.82) is 0 Å². The minimum Gasteiger partial charge on any atom is -0.487 e. The van der Waals surface area contributed by atoms with E-state index in [9.17, 15) is 18.3 Å². The third-order valence-corrected chi connectivity index (χ3v) is 1.79. The number of aliphatic hydroxyl groups is 1. The first kappa shape index (κ1) is 11.8. The molecule has 2 nitrogen and oxygen atoms in total. The summed E-state index contributed by atoms with van der Waals surface area (Å²) in [6.07, 6.45) is -3.56. The van der Waals surface area contributed by atoms with Crippen LogP contribution in [0.15, 0.2) is 18.2 Å². The Kier molecular flexibility index (Phi) is 3.96. The Morgan fingerprint density at radius 2 is 2.07 bits per heavy atom. The molecule has 5 heteroatoms. The van der Waals surface area contributed by atoms with E-state index in [1.54, 1.807) is 0 Å². The topological polar surface area (TPSA) is 29.5 Å². The van der Waals surface area contributed by atoms with Gasteiger partial charge in [-0.15, -0.1) is 0 Å². The molecule has 0 spiro atoms. The first-order valence-electron chi connectivity index (χ1n) is 4.39. The highest BCUT2D eigenvalue weighted by Gasteiger charge is 2.12. The predicted octanol–water partition coefficient (Wildman–Crippen LogP) is 2.52. The summed E-state index contributed by atoms with van der Waals surface area (Å²) in [4.78, 5) is 0. The van der Waals surface area contributed by atoms with Crippen LogP contribution in [0.1, 0.15) is 18.6 Å². The van der Waals surface area contributed by atoms with Crippen molar-refractivity contribution in [2.24, 2.45) is 0 Å². The van der Waals surface area contributed by atoms with Gasteiger partial charge in [-0.3, -0.25) is 0 Å². The van der Waals surface area contributed by atoms with Crippen molar-refractivity contribution in [3.8, 4) is 5.75 Å². The summed E-state index contributed by atoms with van der Waals surface area (Å²) >= 11 is 0. The first-order chi connectivity index (χ1) is 7.00. The molecule has 0 aliphatic carbocycles. The number of halogens is 3. The van der Waals surface area contributed by atoms with E-state index in [2.05, 4.69) is 0 Å². The summed E-state index contributed by atoms with van der Waals surface area (Å²) in [5.74, 6) is -0.470. The van der Waals surface area contributed by atoms with Gasteiger partial charge in [-0.05, 0) is 25.1 Å². The van der Waals surface area contributed by atoms with Gasteiger partial charge in [0.15, 0.2) is 0 Å². The second kappa shape index (κ2) is 5.02. The molecule has 84 valence electrons. The Balaban J connectivity index is 2.86. The van der Waals surface area contributed by atoms with E-state index in [4.69, 9.17) is 4.74 Å². The molecule has 0 fully saturated rings. The zero-order valence-electron chi connectivity index (χ0n) is 8.08. The molecule has 0 bridgehead atoms. The van der Waals surface area contributed by atoms with Crippen LogP contribution in [0.25, 0.3) is 0 Å². The lowest BCUT2D eigenvalue weighted by Crippen LogP contribution is -2.09. The molecular weight excluding hydrogens is 209 g/mol. The zero-order chi connectivity index (χ0) is 11.4. The summed E-state index contributed by atoms with van der Waals surface area (Å²) in [5.41, 5.74) is 0.163. The van der Waals surface area contributed by atoms with E-state index in [0.29, 0.717) is 0 Å². The van der Waals surface area contributed by atoms with Gasteiger partial charge in [0.2, 0.25) is 0 Å². The standard InChI is InChI=1S/C10H11F3O2/c1-6(14)8-4-7(11)2-3-9(8)15-5-10(12)13/h2-4,6,10,14H,5H2,1H3/t6-/m1/s1. The average molecular weight is 220 g/mol. The summed E-state index contributed by atoms with van der Waals surface area (Å²) in [7, 11) is 0. The maximum Gasteiger partial charge on any atom is 0.272 e. The van der Waals surface area contributed by atoms with Crippen LogP contribution in [0.2, 0.25) is 0 Å². The van der Waals surface area contributed by atoms with Gasteiger partial charge in [0, 0.05) is 5.56 Å². The number of alkyl halides is 2. The Labute approximate surface area is 85.3 Å². The van der Waals surface area contributed by atoms with Crippen LogP contribution >= 0.6 is 0 Å². The molecule has 0 heterocycles. The van der Waals surface area contributed by atoms with Crippen LogP contribution in [-0.4, -0.2) is 18.1 Å². The highest BCUT2D eigenvalue weighted by Crippen LogP contribution is 2.26. The van der Waals surface area contributed by atoms with E-state index in [1.807, 2.05) is 0 Å². The molecule has 15 heavy (non-hydrogen) atoms. The van der Waals surface area contributed by atoms with E-state index >= 15 is 0 Å². The fourth-order valence-electron chi connectivity index (χ4n) is 1.13. The molecule has 0 unspecified atom stereocenters. The van der Waals surface area contributed by atoms with E-state index in [0.717, 1.165) is 12.1 Å². The fourth-order valence-corrected chi connectivity index (χ4v) is 1.13. The predicted molar refractivity (Wildman–Crippen MR) is 48.5 cm³/mol. The molecule has 0 radical (unpaired) electrons. The van der Waals surface area contributed by atoms with Crippen LogP contribution in [0.3, 0.4) is 0 Å². The maximum atomic E-state index is 12.8. The molecular formula is C10H11F3O2. The fraction of sp³-hybridized carbons (Fsp3) is 0.400. The third kappa shape index (κ3) is 3.43. The molecule has 1 rings (SSSR count). The lowest BCUT2D eigenvalue weighted by molar-refractivity contribution is 0.0794. The van der Waals surface area contributed by atoms with Crippen LogP contribution in [0.5, 0.6) is 5.75 Å². The highest BCUT2D eigenvalue weighted by atomic mass is 19.3. The van der Waals surface area contributed by atoms with Crippen molar-refractivity contribution < 1.29 is 23.0 Å². The summed E-state index contributed by atoms with van der Waals surface area (Å²) in [6, 6.07) is 3.37. The van der Waals surface area contributed by atoms with Gasteiger partial charge < -0.3 is 9.84 Å². The van der Waals surface area contributed by atoms with Crippen LogP contribution in [0.4, 0.5) is 13.2 Å². The summed E-state index contributed by atoms with van der Waals surface area (Å²) < 4.78 is 41.3. The molecule has 1 aromatic rings. The highest BCUT2D eigenvalue weighted by molar-refractivity contribution is 5.35. The summed E-state index contributed by atoms with van der Waals surface area (Å²) in [5, 5.41) is 9.26. The Bertz CT molecular complexity index is 326. The van der Waals surface area contributed by atoms with Crippen molar-refractivity contribution in [1.82, 2.24) is 0 Å². The molecule has 0 aromatic heterocycles. The number of aliphatic hydroxyl groups excluding tert-OH is 1. The lowest BCUT2D eigenvalue weighted by atomic mass is 10.1. The molecule has 1 aromatic carbocycles.